The lowest BCUT2D eigenvalue weighted by Crippen LogP contribution is -2.49. The van der Waals surface area contributed by atoms with Gasteiger partial charge in [0.1, 0.15) is 0 Å². The zero-order valence-corrected chi connectivity index (χ0v) is 16.3. The summed E-state index contributed by atoms with van der Waals surface area (Å²) in [6.45, 7) is 2.90. The molecule has 0 spiro atoms. The molecule has 4 nitrogen and oxygen atoms in total. The topological polar surface area (TPSA) is 27.4 Å². The highest BCUT2D eigenvalue weighted by Crippen LogP contribution is 2.20. The number of hydrogen-bond donors (Lipinski definition) is 0. The van der Waals surface area contributed by atoms with Crippen LogP contribution in [0.3, 0.4) is 0 Å². The van der Waals surface area contributed by atoms with E-state index in [1.165, 1.54) is 0 Å². The van der Waals surface area contributed by atoms with Gasteiger partial charge in [-0.1, -0.05) is 11.6 Å². The van der Waals surface area contributed by atoms with Crippen LogP contribution in [0.1, 0.15) is 5.56 Å². The molecule has 1 aromatic heterocycles. The van der Waals surface area contributed by atoms with Crippen LogP contribution in [0.25, 0.3) is 0 Å². The fourth-order valence-electron chi connectivity index (χ4n) is 2.08. The van der Waals surface area contributed by atoms with Crippen LogP contribution in [0.2, 0.25) is 5.02 Å². The lowest BCUT2D eigenvalue weighted by Gasteiger charge is -2.24. The Balaban J connectivity index is 2.30. The molecule has 0 saturated heterocycles. The first-order valence-corrected chi connectivity index (χ1v) is 8.91. The molecule has 1 heterocycles. The largest absolute Gasteiger partial charge is 0.338 e. The van der Waals surface area contributed by atoms with E-state index in [-0.39, 0.29) is 6.03 Å². The second-order valence-electron chi connectivity index (χ2n) is 5.00. The lowest BCUT2D eigenvalue weighted by atomic mass is 10.3. The van der Waals surface area contributed by atoms with E-state index in [9.17, 15) is 4.79 Å². The molecule has 122 valence electrons. The zero-order chi connectivity index (χ0) is 16.8. The van der Waals surface area contributed by atoms with Crippen LogP contribution in [0.4, 0.5) is 10.5 Å². The summed E-state index contributed by atoms with van der Waals surface area (Å²) in [5.74, 6) is 0.390. The van der Waals surface area contributed by atoms with Gasteiger partial charge in [-0.25, -0.2) is 9.69 Å². The smallest absolute Gasteiger partial charge is 0.265 e. The predicted molar refractivity (Wildman–Crippen MR) is 102 cm³/mol. The van der Waals surface area contributed by atoms with Crippen LogP contribution in [-0.4, -0.2) is 21.6 Å². The van der Waals surface area contributed by atoms with E-state index in [4.69, 9.17) is 23.2 Å². The summed E-state index contributed by atoms with van der Waals surface area (Å²) < 4.78 is 3.54. The third kappa shape index (κ3) is 5.22. The molecule has 2 aromatic rings. The highest BCUT2D eigenvalue weighted by Gasteiger charge is 2.24. The minimum atomic E-state index is -0.123. The summed E-state index contributed by atoms with van der Waals surface area (Å²) in [6, 6.07) is 11.1. The maximum absolute atomic E-state index is 12.7. The van der Waals surface area contributed by atoms with Crippen LogP contribution < -0.4 is 9.47 Å². The SMILES string of the molecule is Cc1ccc[n+](CN(C(=O)N(I)CCCl)c2ccc(Cl)cc2)c1. The van der Waals surface area contributed by atoms with Crippen molar-refractivity contribution in [2.75, 3.05) is 17.3 Å². The van der Waals surface area contributed by atoms with Gasteiger partial charge in [-0.3, -0.25) is 3.11 Å². The van der Waals surface area contributed by atoms with Crippen LogP contribution in [0.15, 0.2) is 48.8 Å². The lowest BCUT2D eigenvalue weighted by molar-refractivity contribution is -0.695. The quantitative estimate of drug-likeness (QED) is 0.278. The Labute approximate surface area is 160 Å². The van der Waals surface area contributed by atoms with Gasteiger partial charge in [0.05, 0.1) is 28.6 Å². The molecular formula is C16H17Cl2IN3O+. The van der Waals surface area contributed by atoms with Gasteiger partial charge in [-0.2, -0.15) is 4.57 Å². The van der Waals surface area contributed by atoms with E-state index in [2.05, 4.69) is 0 Å². The number of pyridine rings is 1. The second-order valence-corrected chi connectivity index (χ2v) is 6.98. The van der Waals surface area contributed by atoms with Gasteiger partial charge >= 0.3 is 6.03 Å². The first-order chi connectivity index (χ1) is 11.0. The molecule has 0 aliphatic rings. The Hall–Kier alpha value is -1.05. The summed E-state index contributed by atoms with van der Waals surface area (Å²) in [7, 11) is 0. The Morgan fingerprint density at radius 3 is 2.57 bits per heavy atom. The fraction of sp³-hybridized carbons (Fsp3) is 0.250. The first kappa shape index (κ1) is 18.3. The molecule has 0 bridgehead atoms. The Kier molecular flexibility index (Phi) is 6.92. The summed E-state index contributed by atoms with van der Waals surface area (Å²) in [4.78, 5) is 14.4. The van der Waals surface area contributed by atoms with Gasteiger partial charge in [0.15, 0.2) is 12.4 Å². The summed E-state index contributed by atoms with van der Waals surface area (Å²) in [6.07, 6.45) is 3.93. The number of aryl methyl sites for hydroxylation is 1. The van der Waals surface area contributed by atoms with E-state index >= 15 is 0 Å². The van der Waals surface area contributed by atoms with Crippen LogP contribution in [0, 0.1) is 6.92 Å². The van der Waals surface area contributed by atoms with Crippen molar-refractivity contribution in [1.29, 1.82) is 0 Å². The standard InChI is InChI=1S/C16H17Cl2IN3O/c1-13-3-2-9-20(11-13)12-21(16(23)22(19)10-8-17)15-6-4-14(18)5-7-15/h2-7,9,11H,8,10,12H2,1H3/q+1. The normalized spacial score (nSPS) is 10.4. The minimum Gasteiger partial charge on any atom is -0.265 e. The van der Waals surface area contributed by atoms with Crippen molar-refractivity contribution in [2.45, 2.75) is 13.6 Å². The second kappa shape index (κ2) is 8.70. The third-order valence-corrected chi connectivity index (χ3v) is 4.48. The molecule has 0 N–H and O–H groups in total. The van der Waals surface area contributed by atoms with E-state index in [1.54, 1.807) is 20.1 Å². The Morgan fingerprint density at radius 1 is 1.26 bits per heavy atom. The number of anilines is 1. The van der Waals surface area contributed by atoms with E-state index in [0.717, 1.165) is 11.3 Å². The third-order valence-electron chi connectivity index (χ3n) is 3.17. The molecule has 23 heavy (non-hydrogen) atoms. The average Bonchev–Trinajstić information content (AvgIpc) is 2.53. The number of benzene rings is 1. The molecule has 0 unspecified atom stereocenters. The zero-order valence-electron chi connectivity index (χ0n) is 12.6. The van der Waals surface area contributed by atoms with Crippen molar-refractivity contribution < 1.29 is 9.36 Å². The van der Waals surface area contributed by atoms with Gasteiger partial charge in [0.25, 0.3) is 0 Å². The van der Waals surface area contributed by atoms with Gasteiger partial charge in [0.2, 0.25) is 6.67 Å². The molecule has 0 fully saturated rings. The molecule has 2 rings (SSSR count). The number of rotatable bonds is 5. The highest BCUT2D eigenvalue weighted by molar-refractivity contribution is 14.1. The van der Waals surface area contributed by atoms with Crippen LogP contribution >= 0.6 is 46.1 Å². The monoisotopic (exact) mass is 464 g/mol. The average molecular weight is 465 g/mol. The van der Waals surface area contributed by atoms with Gasteiger partial charge in [-0.15, -0.1) is 11.6 Å². The highest BCUT2D eigenvalue weighted by atomic mass is 127. The number of hydrogen-bond acceptors (Lipinski definition) is 1. The molecule has 0 saturated carbocycles. The molecule has 0 atom stereocenters. The molecule has 7 heteroatoms. The number of alkyl halides is 1. The summed E-state index contributed by atoms with van der Waals surface area (Å²) >= 11 is 13.7. The van der Waals surface area contributed by atoms with Crippen molar-refractivity contribution in [1.82, 2.24) is 3.11 Å². The van der Waals surface area contributed by atoms with Crippen LogP contribution in [-0.2, 0) is 6.67 Å². The summed E-state index contributed by atoms with van der Waals surface area (Å²) in [5, 5.41) is 0.636. The maximum Gasteiger partial charge on any atom is 0.338 e. The Morgan fingerprint density at radius 2 is 1.96 bits per heavy atom. The number of halogens is 3. The maximum atomic E-state index is 12.7. The summed E-state index contributed by atoms with van der Waals surface area (Å²) in [5.41, 5.74) is 1.91. The van der Waals surface area contributed by atoms with Crippen molar-refractivity contribution in [2.24, 2.45) is 0 Å². The molecular weight excluding hydrogens is 448 g/mol. The molecule has 2 amide bonds. The van der Waals surface area contributed by atoms with Gasteiger partial charge in [-0.05, 0) is 37.3 Å². The molecule has 0 radical (unpaired) electrons. The van der Waals surface area contributed by atoms with Crippen molar-refractivity contribution >= 4 is 57.8 Å². The first-order valence-electron chi connectivity index (χ1n) is 7.03. The Bertz CT molecular complexity index is 667. The van der Waals surface area contributed by atoms with Crippen molar-refractivity contribution in [3.63, 3.8) is 0 Å². The van der Waals surface area contributed by atoms with Gasteiger partial charge < -0.3 is 0 Å². The van der Waals surface area contributed by atoms with E-state index < -0.39 is 0 Å². The van der Waals surface area contributed by atoms with E-state index in [1.807, 2.05) is 71.0 Å². The molecule has 0 aliphatic carbocycles. The fourth-order valence-corrected chi connectivity index (χ4v) is 3.16. The van der Waals surface area contributed by atoms with Gasteiger partial charge in [0, 0.05) is 29.1 Å². The molecule has 0 aliphatic heterocycles. The van der Waals surface area contributed by atoms with Crippen molar-refractivity contribution in [3.05, 3.63) is 59.4 Å². The minimum absolute atomic E-state index is 0.123. The number of amides is 2. The number of urea groups is 1. The number of aromatic nitrogens is 1. The number of nitrogens with zero attached hydrogens (tertiary/aromatic N) is 3. The van der Waals surface area contributed by atoms with Crippen molar-refractivity contribution in [3.8, 4) is 0 Å². The van der Waals surface area contributed by atoms with E-state index in [0.29, 0.717) is 24.1 Å². The predicted octanol–water partition coefficient (Wildman–Crippen LogP) is 4.41. The van der Waals surface area contributed by atoms with Crippen LogP contribution in [0.5, 0.6) is 0 Å². The number of carbonyl (C=O) groups is 1. The molecule has 1 aromatic carbocycles. The number of carbonyl (C=O) groups excluding carboxylic acids is 1.